The molecule has 1 aromatic heterocycles. The van der Waals surface area contributed by atoms with Crippen molar-refractivity contribution in [1.29, 1.82) is 0 Å². The average Bonchev–Trinajstić information content (AvgIpc) is 2.78. The smallest absolute Gasteiger partial charge is 0.277 e. The molecule has 0 aliphatic heterocycles. The van der Waals surface area contributed by atoms with E-state index in [1.807, 2.05) is 30.7 Å². The summed E-state index contributed by atoms with van der Waals surface area (Å²) < 4.78 is 7.27. The van der Waals surface area contributed by atoms with Crippen LogP contribution in [0.4, 0.5) is 0 Å². The topological polar surface area (TPSA) is 55.6 Å². The standard InChI is InChI=1S/C15H16ClN3O2/c1-11-7-8-12(19(11)2)9-17-18-15(20)10-21-14-6-4-3-5-13(14)16/h3-9H,10H2,1-2H3,(H,18,20)/b17-9-. The Kier molecular flexibility index (Phi) is 5.00. The van der Waals surface area contributed by atoms with Crippen molar-refractivity contribution in [3.63, 3.8) is 0 Å². The van der Waals surface area contributed by atoms with Gasteiger partial charge in [0.25, 0.3) is 5.91 Å². The molecule has 0 unspecified atom stereocenters. The van der Waals surface area contributed by atoms with Crippen molar-refractivity contribution in [3.8, 4) is 5.75 Å². The first kappa shape index (κ1) is 15.1. The molecule has 0 aliphatic carbocycles. The SMILES string of the molecule is Cc1ccc(/C=N\NC(=O)COc2ccccc2Cl)n1C. The summed E-state index contributed by atoms with van der Waals surface area (Å²) in [4.78, 5) is 11.6. The van der Waals surface area contributed by atoms with Crippen molar-refractivity contribution in [2.45, 2.75) is 6.92 Å². The van der Waals surface area contributed by atoms with Gasteiger partial charge in [0.1, 0.15) is 5.75 Å². The fourth-order valence-corrected chi connectivity index (χ4v) is 1.86. The normalized spacial score (nSPS) is 10.8. The van der Waals surface area contributed by atoms with Crippen LogP contribution in [0.15, 0.2) is 41.5 Å². The number of halogens is 1. The van der Waals surface area contributed by atoms with Crippen molar-refractivity contribution in [2.75, 3.05) is 6.61 Å². The first-order chi connectivity index (χ1) is 10.1. The van der Waals surface area contributed by atoms with Crippen LogP contribution >= 0.6 is 11.6 Å². The van der Waals surface area contributed by atoms with Crippen molar-refractivity contribution in [1.82, 2.24) is 9.99 Å². The molecular formula is C15H16ClN3O2. The molecule has 1 amide bonds. The molecule has 0 aliphatic rings. The van der Waals surface area contributed by atoms with E-state index in [2.05, 4.69) is 10.5 Å². The number of hydrazone groups is 1. The molecule has 0 bridgehead atoms. The number of benzene rings is 1. The molecule has 2 rings (SSSR count). The highest BCUT2D eigenvalue weighted by Crippen LogP contribution is 2.22. The number of carbonyl (C=O) groups is 1. The summed E-state index contributed by atoms with van der Waals surface area (Å²) in [6.07, 6.45) is 1.58. The number of aryl methyl sites for hydroxylation is 1. The monoisotopic (exact) mass is 305 g/mol. The van der Waals surface area contributed by atoms with E-state index in [9.17, 15) is 4.79 Å². The maximum absolute atomic E-state index is 11.6. The van der Waals surface area contributed by atoms with Crippen LogP contribution in [0.25, 0.3) is 0 Å². The molecule has 5 nitrogen and oxygen atoms in total. The Hall–Kier alpha value is -2.27. The molecule has 1 N–H and O–H groups in total. The van der Waals surface area contributed by atoms with Crippen molar-refractivity contribution in [3.05, 3.63) is 52.8 Å². The molecule has 2 aromatic rings. The Balaban J connectivity index is 1.83. The molecule has 1 aromatic carbocycles. The van der Waals surface area contributed by atoms with E-state index in [-0.39, 0.29) is 12.5 Å². The molecule has 0 saturated heterocycles. The van der Waals surface area contributed by atoms with Gasteiger partial charge in [-0.15, -0.1) is 0 Å². The number of ether oxygens (including phenoxy) is 1. The summed E-state index contributed by atoms with van der Waals surface area (Å²) in [6.45, 7) is 1.85. The largest absolute Gasteiger partial charge is 0.482 e. The second kappa shape index (κ2) is 6.95. The van der Waals surface area contributed by atoms with Gasteiger partial charge in [0.05, 0.1) is 16.9 Å². The van der Waals surface area contributed by atoms with E-state index in [0.717, 1.165) is 11.4 Å². The van der Waals surface area contributed by atoms with Crippen molar-refractivity contribution in [2.24, 2.45) is 12.1 Å². The average molecular weight is 306 g/mol. The van der Waals surface area contributed by atoms with E-state index in [1.54, 1.807) is 30.5 Å². The van der Waals surface area contributed by atoms with E-state index in [0.29, 0.717) is 10.8 Å². The van der Waals surface area contributed by atoms with Gasteiger partial charge in [0, 0.05) is 12.7 Å². The lowest BCUT2D eigenvalue weighted by atomic mass is 10.3. The molecule has 0 radical (unpaired) electrons. The zero-order chi connectivity index (χ0) is 15.2. The molecule has 1 heterocycles. The Morgan fingerprint density at radius 1 is 1.38 bits per heavy atom. The van der Waals surface area contributed by atoms with Crippen LogP contribution in [0, 0.1) is 6.92 Å². The first-order valence-electron chi connectivity index (χ1n) is 6.39. The van der Waals surface area contributed by atoms with Gasteiger partial charge in [0.15, 0.2) is 6.61 Å². The summed E-state index contributed by atoms with van der Waals surface area (Å²) in [5, 5.41) is 4.36. The van der Waals surface area contributed by atoms with Gasteiger partial charge in [-0.2, -0.15) is 5.10 Å². The maximum Gasteiger partial charge on any atom is 0.277 e. The molecule has 0 saturated carbocycles. The van der Waals surface area contributed by atoms with Gasteiger partial charge in [-0.25, -0.2) is 5.43 Å². The Morgan fingerprint density at radius 2 is 2.14 bits per heavy atom. The van der Waals surface area contributed by atoms with Gasteiger partial charge in [0.2, 0.25) is 0 Å². The van der Waals surface area contributed by atoms with Crippen LogP contribution in [-0.2, 0) is 11.8 Å². The maximum atomic E-state index is 11.6. The predicted molar refractivity (Wildman–Crippen MR) is 82.8 cm³/mol. The van der Waals surface area contributed by atoms with Crippen LogP contribution in [0.1, 0.15) is 11.4 Å². The lowest BCUT2D eigenvalue weighted by Gasteiger charge is -2.06. The van der Waals surface area contributed by atoms with Crippen LogP contribution < -0.4 is 10.2 Å². The van der Waals surface area contributed by atoms with E-state index >= 15 is 0 Å². The number of aromatic nitrogens is 1. The molecule has 0 spiro atoms. The number of amides is 1. The minimum absolute atomic E-state index is 0.146. The van der Waals surface area contributed by atoms with Crippen LogP contribution in [0.2, 0.25) is 5.02 Å². The zero-order valence-electron chi connectivity index (χ0n) is 11.8. The van der Waals surface area contributed by atoms with Gasteiger partial charge < -0.3 is 9.30 Å². The third-order valence-corrected chi connectivity index (χ3v) is 3.31. The second-order valence-corrected chi connectivity index (χ2v) is 4.88. The molecule has 6 heteroatoms. The molecule has 0 fully saturated rings. The molecule has 110 valence electrons. The minimum atomic E-state index is -0.350. The molecule has 0 atom stereocenters. The highest BCUT2D eigenvalue weighted by Gasteiger charge is 2.04. The van der Waals surface area contributed by atoms with Gasteiger partial charge >= 0.3 is 0 Å². The lowest BCUT2D eigenvalue weighted by molar-refractivity contribution is -0.123. The van der Waals surface area contributed by atoms with Gasteiger partial charge in [-0.3, -0.25) is 4.79 Å². The highest BCUT2D eigenvalue weighted by atomic mass is 35.5. The Labute approximate surface area is 128 Å². The second-order valence-electron chi connectivity index (χ2n) is 4.47. The Bertz CT molecular complexity index is 665. The summed E-state index contributed by atoms with van der Waals surface area (Å²) in [6, 6.07) is 10.9. The van der Waals surface area contributed by atoms with E-state index in [4.69, 9.17) is 16.3 Å². The fraction of sp³-hybridized carbons (Fsp3) is 0.200. The summed E-state index contributed by atoms with van der Waals surface area (Å²) in [5.41, 5.74) is 4.42. The Morgan fingerprint density at radius 3 is 2.81 bits per heavy atom. The summed E-state index contributed by atoms with van der Waals surface area (Å²) >= 11 is 5.92. The summed E-state index contributed by atoms with van der Waals surface area (Å²) in [5.74, 6) is 0.119. The van der Waals surface area contributed by atoms with E-state index in [1.165, 1.54) is 0 Å². The van der Waals surface area contributed by atoms with Crippen LogP contribution in [0.3, 0.4) is 0 Å². The minimum Gasteiger partial charge on any atom is -0.482 e. The van der Waals surface area contributed by atoms with E-state index < -0.39 is 0 Å². The number of nitrogens with zero attached hydrogens (tertiary/aromatic N) is 2. The van der Waals surface area contributed by atoms with Gasteiger partial charge in [-0.05, 0) is 31.2 Å². The lowest BCUT2D eigenvalue weighted by Crippen LogP contribution is -2.24. The summed E-state index contributed by atoms with van der Waals surface area (Å²) in [7, 11) is 1.93. The number of nitrogens with one attached hydrogen (secondary N) is 1. The number of hydrogen-bond acceptors (Lipinski definition) is 3. The number of para-hydroxylation sites is 1. The van der Waals surface area contributed by atoms with Crippen molar-refractivity contribution < 1.29 is 9.53 Å². The molecular weight excluding hydrogens is 290 g/mol. The fourth-order valence-electron chi connectivity index (χ4n) is 1.67. The predicted octanol–water partition coefficient (Wildman–Crippen LogP) is 2.52. The highest BCUT2D eigenvalue weighted by molar-refractivity contribution is 6.32. The number of hydrogen-bond donors (Lipinski definition) is 1. The van der Waals surface area contributed by atoms with Gasteiger partial charge in [-0.1, -0.05) is 23.7 Å². The molecule has 21 heavy (non-hydrogen) atoms. The zero-order valence-corrected chi connectivity index (χ0v) is 12.6. The van der Waals surface area contributed by atoms with Crippen molar-refractivity contribution >= 4 is 23.7 Å². The van der Waals surface area contributed by atoms with Crippen LogP contribution in [-0.4, -0.2) is 23.3 Å². The third kappa shape index (κ3) is 4.10. The van der Waals surface area contributed by atoms with Crippen LogP contribution in [0.5, 0.6) is 5.75 Å². The third-order valence-electron chi connectivity index (χ3n) is 2.99. The number of rotatable bonds is 5. The number of carbonyl (C=O) groups excluding carboxylic acids is 1. The first-order valence-corrected chi connectivity index (χ1v) is 6.77. The quantitative estimate of drug-likeness (QED) is 0.681.